The van der Waals surface area contributed by atoms with Crippen LogP contribution in [0.5, 0.6) is 11.5 Å². The molecular formula is C29H27NO2. The number of phenols is 2. The first-order valence-electron chi connectivity index (χ1n) is 10.8. The van der Waals surface area contributed by atoms with Crippen LogP contribution in [0, 0.1) is 6.92 Å². The van der Waals surface area contributed by atoms with Crippen LogP contribution in [-0.2, 0) is 0 Å². The summed E-state index contributed by atoms with van der Waals surface area (Å²) in [6.07, 6.45) is 0.824. The molecule has 0 unspecified atom stereocenters. The number of anilines is 2. The van der Waals surface area contributed by atoms with Crippen molar-refractivity contribution in [1.82, 2.24) is 0 Å². The molecule has 3 N–H and O–H groups in total. The third-order valence-electron chi connectivity index (χ3n) is 5.49. The second-order valence-corrected chi connectivity index (χ2v) is 7.88. The zero-order valence-corrected chi connectivity index (χ0v) is 18.3. The summed E-state index contributed by atoms with van der Waals surface area (Å²) < 4.78 is 0. The highest BCUT2D eigenvalue weighted by Crippen LogP contribution is 2.36. The van der Waals surface area contributed by atoms with Gasteiger partial charge >= 0.3 is 0 Å². The second-order valence-electron chi connectivity index (χ2n) is 7.88. The minimum atomic E-state index is 0.237. The molecule has 4 aromatic carbocycles. The number of hydrogen-bond acceptors (Lipinski definition) is 3. The van der Waals surface area contributed by atoms with Gasteiger partial charge in [0.15, 0.2) is 0 Å². The maximum absolute atomic E-state index is 9.80. The van der Waals surface area contributed by atoms with Gasteiger partial charge in [0.2, 0.25) is 0 Å². The highest BCUT2D eigenvalue weighted by atomic mass is 16.3. The van der Waals surface area contributed by atoms with Crippen molar-refractivity contribution >= 4 is 22.5 Å². The summed E-state index contributed by atoms with van der Waals surface area (Å²) in [5.41, 5.74) is 8.72. The summed E-state index contributed by atoms with van der Waals surface area (Å²) >= 11 is 0. The predicted molar refractivity (Wildman–Crippen MR) is 133 cm³/mol. The van der Waals surface area contributed by atoms with Gasteiger partial charge in [-0.3, -0.25) is 0 Å². The molecule has 0 aliphatic heterocycles. The normalized spacial score (nSPS) is 10.6. The Morgan fingerprint density at radius 3 is 1.72 bits per heavy atom. The van der Waals surface area contributed by atoms with E-state index in [1.807, 2.05) is 30.3 Å². The lowest BCUT2D eigenvalue weighted by Gasteiger charge is -2.17. The van der Waals surface area contributed by atoms with E-state index in [1.165, 1.54) is 11.1 Å². The SMILES string of the molecule is CCC(=C(c1ccc(O)cc1)c1ccc(O)cc1)c1cccc(Nc2cccc(C)c2)c1. The first-order valence-corrected chi connectivity index (χ1v) is 10.8. The van der Waals surface area contributed by atoms with E-state index in [1.54, 1.807) is 24.3 Å². The third-order valence-corrected chi connectivity index (χ3v) is 5.49. The molecule has 3 nitrogen and oxygen atoms in total. The minimum absolute atomic E-state index is 0.237. The van der Waals surface area contributed by atoms with E-state index < -0.39 is 0 Å². The molecule has 3 heteroatoms. The van der Waals surface area contributed by atoms with Gasteiger partial charge in [-0.1, -0.05) is 55.5 Å². The minimum Gasteiger partial charge on any atom is -0.508 e. The van der Waals surface area contributed by atoms with Gasteiger partial charge in [-0.25, -0.2) is 0 Å². The molecule has 0 aliphatic carbocycles. The van der Waals surface area contributed by atoms with Gasteiger partial charge in [0, 0.05) is 11.4 Å². The number of nitrogens with one attached hydrogen (secondary N) is 1. The number of aryl methyl sites for hydroxylation is 1. The second kappa shape index (κ2) is 9.44. The summed E-state index contributed by atoms with van der Waals surface area (Å²) in [7, 11) is 0. The maximum Gasteiger partial charge on any atom is 0.115 e. The van der Waals surface area contributed by atoms with E-state index in [4.69, 9.17) is 0 Å². The van der Waals surface area contributed by atoms with Crippen LogP contribution < -0.4 is 5.32 Å². The monoisotopic (exact) mass is 421 g/mol. The van der Waals surface area contributed by atoms with Gasteiger partial charge in [0.1, 0.15) is 11.5 Å². The summed E-state index contributed by atoms with van der Waals surface area (Å²) in [5, 5.41) is 23.1. The smallest absolute Gasteiger partial charge is 0.115 e. The van der Waals surface area contributed by atoms with Crippen molar-refractivity contribution in [3.63, 3.8) is 0 Å². The molecule has 4 rings (SSSR count). The average Bonchev–Trinajstić information content (AvgIpc) is 2.79. The summed E-state index contributed by atoms with van der Waals surface area (Å²) in [6, 6.07) is 31.3. The largest absolute Gasteiger partial charge is 0.508 e. The van der Waals surface area contributed by atoms with E-state index in [2.05, 4.69) is 61.6 Å². The van der Waals surface area contributed by atoms with Crippen LogP contribution in [0.2, 0.25) is 0 Å². The van der Waals surface area contributed by atoms with Gasteiger partial charge in [-0.15, -0.1) is 0 Å². The summed E-state index contributed by atoms with van der Waals surface area (Å²) in [5.74, 6) is 0.474. The predicted octanol–water partition coefficient (Wildman–Crippen LogP) is 7.52. The Bertz CT molecular complexity index is 1190. The van der Waals surface area contributed by atoms with E-state index in [-0.39, 0.29) is 11.5 Å². The van der Waals surface area contributed by atoms with Crippen molar-refractivity contribution < 1.29 is 10.2 Å². The Kier molecular flexibility index (Phi) is 6.27. The zero-order valence-electron chi connectivity index (χ0n) is 18.3. The highest BCUT2D eigenvalue weighted by Gasteiger charge is 2.14. The average molecular weight is 422 g/mol. The van der Waals surface area contributed by atoms with Gasteiger partial charge in [0.05, 0.1) is 0 Å². The van der Waals surface area contributed by atoms with Crippen molar-refractivity contribution in [2.24, 2.45) is 0 Å². The number of benzene rings is 4. The van der Waals surface area contributed by atoms with Crippen molar-refractivity contribution in [1.29, 1.82) is 0 Å². The number of allylic oxidation sites excluding steroid dienone is 1. The fourth-order valence-corrected chi connectivity index (χ4v) is 3.97. The fraction of sp³-hybridized carbons (Fsp3) is 0.103. The van der Waals surface area contributed by atoms with Crippen LogP contribution in [0.3, 0.4) is 0 Å². The Labute approximate surface area is 189 Å². The van der Waals surface area contributed by atoms with E-state index in [0.717, 1.165) is 40.1 Å². The molecule has 0 aliphatic rings. The van der Waals surface area contributed by atoms with Gasteiger partial charge < -0.3 is 15.5 Å². The van der Waals surface area contributed by atoms with Crippen molar-refractivity contribution in [3.05, 3.63) is 119 Å². The molecule has 160 valence electrons. The number of hydrogen-bond donors (Lipinski definition) is 3. The van der Waals surface area contributed by atoms with Crippen LogP contribution in [0.1, 0.15) is 35.6 Å². The molecule has 0 amide bonds. The van der Waals surface area contributed by atoms with E-state index >= 15 is 0 Å². The Morgan fingerprint density at radius 2 is 1.19 bits per heavy atom. The molecule has 0 radical (unpaired) electrons. The maximum atomic E-state index is 9.80. The van der Waals surface area contributed by atoms with Gasteiger partial charge in [0.25, 0.3) is 0 Å². The van der Waals surface area contributed by atoms with Crippen LogP contribution in [-0.4, -0.2) is 10.2 Å². The number of rotatable bonds is 6. The van der Waals surface area contributed by atoms with Crippen LogP contribution in [0.15, 0.2) is 97.1 Å². The topological polar surface area (TPSA) is 52.5 Å². The molecule has 0 saturated heterocycles. The highest BCUT2D eigenvalue weighted by molar-refractivity contribution is 5.99. The number of phenolic OH excluding ortho intramolecular Hbond substituents is 2. The molecule has 0 bridgehead atoms. The van der Waals surface area contributed by atoms with Gasteiger partial charge in [-0.05, 0) is 95.3 Å². The lowest BCUT2D eigenvalue weighted by molar-refractivity contribution is 0.475. The molecular weight excluding hydrogens is 394 g/mol. The van der Waals surface area contributed by atoms with Crippen LogP contribution in [0.4, 0.5) is 11.4 Å². The molecule has 0 fully saturated rings. The molecule has 0 heterocycles. The summed E-state index contributed by atoms with van der Waals surface area (Å²) in [6.45, 7) is 4.23. The third kappa shape index (κ3) is 4.84. The molecule has 32 heavy (non-hydrogen) atoms. The Balaban J connectivity index is 1.83. The first-order chi connectivity index (χ1) is 15.5. The lowest BCUT2D eigenvalue weighted by atomic mass is 9.88. The number of aromatic hydroxyl groups is 2. The van der Waals surface area contributed by atoms with Crippen molar-refractivity contribution in [2.75, 3.05) is 5.32 Å². The standard InChI is InChI=1S/C29H27NO2/c1-3-28(23-7-5-9-25(19-23)30-24-8-4-6-20(2)18-24)29(21-10-14-26(31)15-11-21)22-12-16-27(32)17-13-22/h4-19,30-32H,3H2,1-2H3. The molecule has 0 spiro atoms. The Hall–Kier alpha value is -3.98. The summed E-state index contributed by atoms with van der Waals surface area (Å²) in [4.78, 5) is 0. The first kappa shape index (κ1) is 21.3. The van der Waals surface area contributed by atoms with E-state index in [0.29, 0.717) is 0 Å². The fourth-order valence-electron chi connectivity index (χ4n) is 3.97. The quantitative estimate of drug-likeness (QED) is 0.282. The Morgan fingerprint density at radius 1 is 0.656 bits per heavy atom. The van der Waals surface area contributed by atoms with Crippen molar-refractivity contribution in [2.45, 2.75) is 20.3 Å². The lowest BCUT2D eigenvalue weighted by Crippen LogP contribution is -1.96. The van der Waals surface area contributed by atoms with E-state index in [9.17, 15) is 10.2 Å². The molecule has 0 saturated carbocycles. The zero-order chi connectivity index (χ0) is 22.5. The molecule has 0 atom stereocenters. The van der Waals surface area contributed by atoms with Crippen LogP contribution in [0.25, 0.3) is 11.1 Å². The van der Waals surface area contributed by atoms with Crippen LogP contribution >= 0.6 is 0 Å². The van der Waals surface area contributed by atoms with Crippen molar-refractivity contribution in [3.8, 4) is 11.5 Å². The molecule has 0 aromatic heterocycles. The molecule has 4 aromatic rings. The van der Waals surface area contributed by atoms with Gasteiger partial charge in [-0.2, -0.15) is 0 Å².